The number of hydrogen-bond acceptors (Lipinski definition) is 4. The van der Waals surface area contributed by atoms with Crippen molar-refractivity contribution in [3.05, 3.63) is 0 Å². The fourth-order valence-corrected chi connectivity index (χ4v) is 3.77. The molecule has 0 aromatic rings. The van der Waals surface area contributed by atoms with Crippen molar-refractivity contribution in [2.75, 3.05) is 40.3 Å². The predicted octanol–water partition coefficient (Wildman–Crippen LogP) is 1.54. The molecule has 0 aromatic carbocycles. The van der Waals surface area contributed by atoms with Gasteiger partial charge in [0.15, 0.2) is 0 Å². The molecule has 2 fully saturated rings. The molecule has 4 nitrogen and oxygen atoms in total. The molecular formula is C16H33N3O. The van der Waals surface area contributed by atoms with Gasteiger partial charge in [0.2, 0.25) is 0 Å². The first-order valence-electron chi connectivity index (χ1n) is 8.09. The Hall–Kier alpha value is -0.160. The first kappa shape index (κ1) is 16.2. The molecule has 118 valence electrons. The van der Waals surface area contributed by atoms with Crippen LogP contribution in [-0.2, 0) is 4.74 Å². The van der Waals surface area contributed by atoms with E-state index in [1.807, 2.05) is 0 Å². The molecule has 1 saturated heterocycles. The second-order valence-corrected chi connectivity index (χ2v) is 7.50. The molecule has 2 rings (SSSR count). The number of likely N-dealkylation sites (tertiary alicyclic amines) is 1. The van der Waals surface area contributed by atoms with E-state index >= 15 is 0 Å². The van der Waals surface area contributed by atoms with Gasteiger partial charge in [0, 0.05) is 30.1 Å². The van der Waals surface area contributed by atoms with Crippen molar-refractivity contribution in [3.63, 3.8) is 0 Å². The minimum absolute atomic E-state index is 0.0847. The van der Waals surface area contributed by atoms with E-state index in [1.54, 1.807) is 0 Å². The zero-order valence-electron chi connectivity index (χ0n) is 14.0. The van der Waals surface area contributed by atoms with Crippen LogP contribution in [0.4, 0.5) is 0 Å². The summed E-state index contributed by atoms with van der Waals surface area (Å²) in [6.07, 6.45) is 3.86. The summed E-state index contributed by atoms with van der Waals surface area (Å²) in [5.74, 6) is 0. The van der Waals surface area contributed by atoms with Crippen molar-refractivity contribution >= 4 is 0 Å². The minimum Gasteiger partial charge on any atom is -0.378 e. The summed E-state index contributed by atoms with van der Waals surface area (Å²) in [5, 5.41) is 0. The van der Waals surface area contributed by atoms with Gasteiger partial charge in [-0.05, 0) is 53.4 Å². The highest BCUT2D eigenvalue weighted by Gasteiger charge is 2.58. The predicted molar refractivity (Wildman–Crippen MR) is 83.9 cm³/mol. The fourth-order valence-electron chi connectivity index (χ4n) is 3.77. The lowest BCUT2D eigenvalue weighted by Gasteiger charge is -2.60. The summed E-state index contributed by atoms with van der Waals surface area (Å²) in [5.41, 5.74) is 6.69. The highest BCUT2D eigenvalue weighted by molar-refractivity contribution is 5.15. The average Bonchev–Trinajstić information content (AvgIpc) is 2.39. The quantitative estimate of drug-likeness (QED) is 0.831. The molecule has 2 aliphatic rings. The maximum Gasteiger partial charge on any atom is 0.0662 e. The number of hydrogen-bond donors (Lipinski definition) is 1. The second-order valence-electron chi connectivity index (χ2n) is 7.50. The van der Waals surface area contributed by atoms with E-state index < -0.39 is 0 Å². The van der Waals surface area contributed by atoms with Crippen molar-refractivity contribution in [1.82, 2.24) is 9.80 Å². The molecule has 0 aromatic heterocycles. The Kier molecular flexibility index (Phi) is 4.80. The van der Waals surface area contributed by atoms with Crippen molar-refractivity contribution < 1.29 is 4.74 Å². The lowest BCUT2D eigenvalue weighted by atomic mass is 9.54. The monoisotopic (exact) mass is 283 g/mol. The Labute approximate surface area is 124 Å². The van der Waals surface area contributed by atoms with Gasteiger partial charge in [0.1, 0.15) is 0 Å². The molecule has 1 aliphatic carbocycles. The van der Waals surface area contributed by atoms with Crippen LogP contribution in [0.15, 0.2) is 0 Å². The zero-order chi connectivity index (χ0) is 15.0. The summed E-state index contributed by atoms with van der Waals surface area (Å²) in [6, 6.07) is 0.741. The topological polar surface area (TPSA) is 41.7 Å². The van der Waals surface area contributed by atoms with Gasteiger partial charge in [-0.3, -0.25) is 0 Å². The Morgan fingerprint density at radius 3 is 2.30 bits per heavy atom. The Morgan fingerprint density at radius 1 is 1.25 bits per heavy atom. The molecule has 0 bridgehead atoms. The van der Waals surface area contributed by atoms with Crippen LogP contribution in [0.2, 0.25) is 0 Å². The molecule has 2 unspecified atom stereocenters. The molecule has 2 N–H and O–H groups in total. The van der Waals surface area contributed by atoms with Crippen LogP contribution in [0.1, 0.15) is 40.0 Å². The first-order chi connectivity index (χ1) is 9.30. The van der Waals surface area contributed by atoms with Crippen molar-refractivity contribution in [1.29, 1.82) is 0 Å². The maximum atomic E-state index is 6.69. The van der Waals surface area contributed by atoms with Crippen LogP contribution < -0.4 is 5.73 Å². The minimum atomic E-state index is -0.0855. The van der Waals surface area contributed by atoms with E-state index in [1.165, 1.54) is 25.9 Å². The van der Waals surface area contributed by atoms with Gasteiger partial charge >= 0.3 is 0 Å². The summed E-state index contributed by atoms with van der Waals surface area (Å²) >= 11 is 0. The summed E-state index contributed by atoms with van der Waals surface area (Å²) in [4.78, 5) is 4.91. The van der Waals surface area contributed by atoms with Gasteiger partial charge in [0.25, 0.3) is 0 Å². The third kappa shape index (κ3) is 2.89. The van der Waals surface area contributed by atoms with Gasteiger partial charge in [0.05, 0.1) is 6.10 Å². The lowest BCUT2D eigenvalue weighted by Crippen LogP contribution is -2.73. The molecule has 0 radical (unpaired) electrons. The lowest BCUT2D eigenvalue weighted by molar-refractivity contribution is -0.157. The zero-order valence-corrected chi connectivity index (χ0v) is 14.0. The van der Waals surface area contributed by atoms with Crippen LogP contribution in [-0.4, -0.2) is 67.8 Å². The van der Waals surface area contributed by atoms with Crippen LogP contribution in [0, 0.1) is 5.41 Å². The van der Waals surface area contributed by atoms with Crippen LogP contribution >= 0.6 is 0 Å². The van der Waals surface area contributed by atoms with E-state index in [2.05, 4.69) is 44.7 Å². The maximum absolute atomic E-state index is 6.69. The molecule has 0 spiro atoms. The van der Waals surface area contributed by atoms with Gasteiger partial charge in [-0.1, -0.05) is 13.8 Å². The van der Waals surface area contributed by atoms with Gasteiger partial charge in [-0.25, -0.2) is 0 Å². The van der Waals surface area contributed by atoms with Gasteiger partial charge < -0.3 is 20.3 Å². The molecule has 20 heavy (non-hydrogen) atoms. The van der Waals surface area contributed by atoms with Crippen LogP contribution in [0.3, 0.4) is 0 Å². The van der Waals surface area contributed by atoms with E-state index in [4.69, 9.17) is 10.5 Å². The standard InChI is InChI=1S/C16H33N3O/c1-6-20-14-11-16(17,15(14,2)3)12-19-9-7-13(8-10-19)18(4)5/h13-14H,6-12,17H2,1-5H3. The normalized spacial score (nSPS) is 35.2. The largest absolute Gasteiger partial charge is 0.378 e. The molecule has 0 amide bonds. The van der Waals surface area contributed by atoms with Crippen molar-refractivity contribution in [2.45, 2.75) is 57.7 Å². The number of rotatable bonds is 5. The molecule has 1 aliphatic heterocycles. The summed E-state index contributed by atoms with van der Waals surface area (Å²) in [6.45, 7) is 10.8. The van der Waals surface area contributed by atoms with Crippen LogP contribution in [0.5, 0.6) is 0 Å². The molecular weight excluding hydrogens is 250 g/mol. The van der Waals surface area contributed by atoms with Gasteiger partial charge in [-0.15, -0.1) is 0 Å². The summed E-state index contributed by atoms with van der Waals surface area (Å²) in [7, 11) is 4.37. The molecule has 1 heterocycles. The van der Waals surface area contributed by atoms with Crippen LogP contribution in [0.25, 0.3) is 0 Å². The third-order valence-corrected chi connectivity index (χ3v) is 5.80. The van der Waals surface area contributed by atoms with Crippen molar-refractivity contribution in [3.8, 4) is 0 Å². The molecule has 2 atom stereocenters. The molecule has 4 heteroatoms. The van der Waals surface area contributed by atoms with E-state index in [0.717, 1.165) is 25.6 Å². The third-order valence-electron chi connectivity index (χ3n) is 5.80. The Morgan fingerprint density at radius 2 is 1.85 bits per heavy atom. The number of ether oxygens (including phenoxy) is 1. The smallest absolute Gasteiger partial charge is 0.0662 e. The number of nitrogens with zero attached hydrogens (tertiary/aromatic N) is 2. The van der Waals surface area contributed by atoms with E-state index in [0.29, 0.717) is 6.10 Å². The summed E-state index contributed by atoms with van der Waals surface area (Å²) < 4.78 is 5.82. The average molecular weight is 283 g/mol. The van der Waals surface area contributed by atoms with Crippen molar-refractivity contribution in [2.24, 2.45) is 11.1 Å². The van der Waals surface area contributed by atoms with E-state index in [9.17, 15) is 0 Å². The highest BCUT2D eigenvalue weighted by atomic mass is 16.5. The van der Waals surface area contributed by atoms with E-state index in [-0.39, 0.29) is 11.0 Å². The number of piperidine rings is 1. The number of nitrogens with two attached hydrogens (primary N) is 1. The SMILES string of the molecule is CCOC1CC(N)(CN2CCC(N(C)C)CC2)C1(C)C. The Bertz CT molecular complexity index is 324. The Balaban J connectivity index is 1.85. The second kappa shape index (κ2) is 5.91. The fraction of sp³-hybridized carbons (Fsp3) is 1.00. The molecule has 1 saturated carbocycles. The van der Waals surface area contributed by atoms with Gasteiger partial charge in [-0.2, -0.15) is 0 Å². The first-order valence-corrected chi connectivity index (χ1v) is 8.09. The highest BCUT2D eigenvalue weighted by Crippen LogP contribution is 2.50.